The van der Waals surface area contributed by atoms with Gasteiger partial charge in [-0.25, -0.2) is 0 Å². The first kappa shape index (κ1) is 14.7. The van der Waals surface area contributed by atoms with E-state index in [-0.39, 0.29) is 17.1 Å². The number of allylic oxidation sites excluding steroid dienone is 2. The Morgan fingerprint density at radius 2 is 2.05 bits per heavy atom. The van der Waals surface area contributed by atoms with Gasteiger partial charge >= 0.3 is 0 Å². The average Bonchev–Trinajstić information content (AvgIpc) is 2.58. The summed E-state index contributed by atoms with van der Waals surface area (Å²) in [6.07, 6.45) is 5.18. The fourth-order valence-corrected chi connectivity index (χ4v) is 5.23. The molecule has 0 radical (unpaired) electrons. The molecular weight excluding hydrogens is 264 g/mol. The van der Waals surface area contributed by atoms with Crippen molar-refractivity contribution >= 4 is 15.9 Å². The quantitative estimate of drug-likeness (QED) is 0.637. The Bertz CT molecular complexity index is 530. The predicted molar refractivity (Wildman–Crippen MR) is 73.4 cm³/mol. The van der Waals surface area contributed by atoms with Gasteiger partial charge in [0.15, 0.2) is 5.78 Å². The van der Waals surface area contributed by atoms with Gasteiger partial charge in [0, 0.05) is 0 Å². The van der Waals surface area contributed by atoms with Crippen LogP contribution in [0, 0.1) is 16.7 Å². The number of rotatable bonds is 4. The lowest BCUT2D eigenvalue weighted by Crippen LogP contribution is -2.42. The highest BCUT2D eigenvalue weighted by Crippen LogP contribution is 2.66. The van der Waals surface area contributed by atoms with Crippen LogP contribution in [0.4, 0.5) is 0 Å². The molecular formula is C14H22O4S. The van der Waals surface area contributed by atoms with E-state index in [1.807, 2.05) is 26.8 Å². The first-order valence-corrected chi connectivity index (χ1v) is 8.46. The summed E-state index contributed by atoms with van der Waals surface area (Å²) < 4.78 is 31.8. The molecule has 108 valence electrons. The fraction of sp³-hybridized carbons (Fsp3) is 0.786. The van der Waals surface area contributed by atoms with Gasteiger partial charge in [-0.2, -0.15) is 8.42 Å². The van der Waals surface area contributed by atoms with Crippen LogP contribution in [0.15, 0.2) is 11.6 Å². The molecule has 2 unspecified atom stereocenters. The number of hydrogen-bond donors (Lipinski definition) is 1. The summed E-state index contributed by atoms with van der Waals surface area (Å²) >= 11 is 0. The normalized spacial score (nSPS) is 35.3. The van der Waals surface area contributed by atoms with E-state index in [1.165, 1.54) is 0 Å². The van der Waals surface area contributed by atoms with Crippen LogP contribution in [0.3, 0.4) is 0 Å². The first-order valence-electron chi connectivity index (χ1n) is 6.86. The number of carbonyl (C=O) groups excluding carboxylic acids is 1. The molecule has 4 nitrogen and oxygen atoms in total. The topological polar surface area (TPSA) is 71.4 Å². The Morgan fingerprint density at radius 3 is 2.58 bits per heavy atom. The highest BCUT2D eigenvalue weighted by atomic mass is 32.2. The molecule has 0 aromatic carbocycles. The average molecular weight is 286 g/mol. The molecule has 0 amide bonds. The second kappa shape index (κ2) is 4.42. The van der Waals surface area contributed by atoms with Crippen LogP contribution < -0.4 is 0 Å². The van der Waals surface area contributed by atoms with Crippen LogP contribution in [0.2, 0.25) is 0 Å². The van der Waals surface area contributed by atoms with Crippen LogP contribution in [0.1, 0.15) is 46.5 Å². The van der Waals surface area contributed by atoms with Crippen molar-refractivity contribution in [3.05, 3.63) is 11.6 Å². The standard InChI is InChI=1S/C14H22O4S/c1-4-5-6-10-11-7-8-14(12(10)15,13(11,2)3)9-19(16,17)18/h6,11H,4-5,7-9H2,1-3H3,(H,16,17,18)/b10-6+. The van der Waals surface area contributed by atoms with Gasteiger partial charge in [0.25, 0.3) is 10.1 Å². The number of Topliss-reactive ketones (excluding diaryl/α,β-unsaturated/α-hetero) is 1. The monoisotopic (exact) mass is 286 g/mol. The molecule has 1 N–H and O–H groups in total. The Morgan fingerprint density at radius 1 is 1.42 bits per heavy atom. The lowest BCUT2D eigenvalue weighted by molar-refractivity contribution is -0.125. The second-order valence-electron chi connectivity index (χ2n) is 6.40. The van der Waals surface area contributed by atoms with Crippen LogP contribution in [-0.2, 0) is 14.9 Å². The molecule has 0 aliphatic heterocycles. The summed E-state index contributed by atoms with van der Waals surface area (Å²) in [4.78, 5) is 12.6. The summed E-state index contributed by atoms with van der Waals surface area (Å²) in [5, 5.41) is 0. The number of unbranched alkanes of at least 4 members (excludes halogenated alkanes) is 1. The third kappa shape index (κ3) is 2.07. The van der Waals surface area contributed by atoms with Crippen LogP contribution in [0.5, 0.6) is 0 Å². The molecule has 2 fully saturated rings. The maximum absolute atomic E-state index is 12.6. The molecule has 2 rings (SSSR count). The molecule has 2 aliphatic rings. The van der Waals surface area contributed by atoms with E-state index in [0.717, 1.165) is 24.8 Å². The molecule has 0 aromatic heterocycles. The van der Waals surface area contributed by atoms with Gasteiger partial charge in [-0.05, 0) is 36.2 Å². The Kier molecular flexibility index (Phi) is 3.42. The Balaban J connectivity index is 2.47. The van der Waals surface area contributed by atoms with Gasteiger partial charge in [-0.15, -0.1) is 0 Å². The van der Waals surface area contributed by atoms with Gasteiger partial charge in [0.05, 0.1) is 11.2 Å². The SMILES string of the molecule is CCC/C=C1/C(=O)C2(CS(=O)(=O)O)CCC1C2(C)C. The third-order valence-electron chi connectivity index (χ3n) is 5.12. The maximum atomic E-state index is 12.6. The van der Waals surface area contributed by atoms with Gasteiger partial charge < -0.3 is 0 Å². The van der Waals surface area contributed by atoms with E-state index in [9.17, 15) is 17.8 Å². The Hall–Kier alpha value is -0.680. The fourth-order valence-electron chi connectivity index (χ4n) is 3.96. The summed E-state index contributed by atoms with van der Waals surface area (Å²) in [5.74, 6) is -0.362. The zero-order valence-corrected chi connectivity index (χ0v) is 12.6. The van der Waals surface area contributed by atoms with Gasteiger partial charge in [-0.1, -0.05) is 33.3 Å². The van der Waals surface area contributed by atoms with Gasteiger partial charge in [0.2, 0.25) is 0 Å². The zero-order valence-electron chi connectivity index (χ0n) is 11.8. The molecule has 5 heteroatoms. The molecule has 0 spiro atoms. The van der Waals surface area contributed by atoms with E-state index >= 15 is 0 Å². The maximum Gasteiger partial charge on any atom is 0.265 e. The van der Waals surface area contributed by atoms with Crippen molar-refractivity contribution in [2.24, 2.45) is 16.7 Å². The number of hydrogen-bond acceptors (Lipinski definition) is 3. The summed E-state index contributed by atoms with van der Waals surface area (Å²) in [6.45, 7) is 5.97. The molecule has 2 bridgehead atoms. The first-order chi connectivity index (χ1) is 8.66. The van der Waals surface area contributed by atoms with E-state index in [1.54, 1.807) is 0 Å². The zero-order chi connectivity index (χ0) is 14.5. The van der Waals surface area contributed by atoms with E-state index in [0.29, 0.717) is 6.42 Å². The molecule has 19 heavy (non-hydrogen) atoms. The van der Waals surface area contributed by atoms with Gasteiger partial charge in [0.1, 0.15) is 0 Å². The molecule has 0 heterocycles. The molecule has 2 saturated carbocycles. The highest BCUT2D eigenvalue weighted by Gasteiger charge is 2.67. The number of ketones is 1. The second-order valence-corrected chi connectivity index (χ2v) is 7.85. The molecule has 2 atom stereocenters. The van der Waals surface area contributed by atoms with Crippen LogP contribution in [-0.4, -0.2) is 24.5 Å². The van der Waals surface area contributed by atoms with E-state index < -0.39 is 21.3 Å². The lowest BCUT2D eigenvalue weighted by Gasteiger charge is -2.34. The minimum atomic E-state index is -4.15. The largest absolute Gasteiger partial charge is 0.294 e. The number of fused-ring (bicyclic) bond motifs is 2. The minimum Gasteiger partial charge on any atom is -0.294 e. The molecule has 0 aromatic rings. The van der Waals surface area contributed by atoms with Crippen molar-refractivity contribution in [3.63, 3.8) is 0 Å². The van der Waals surface area contributed by atoms with Crippen LogP contribution >= 0.6 is 0 Å². The number of carbonyl (C=O) groups is 1. The van der Waals surface area contributed by atoms with Crippen molar-refractivity contribution in [1.29, 1.82) is 0 Å². The summed E-state index contributed by atoms with van der Waals surface area (Å²) in [6, 6.07) is 0. The van der Waals surface area contributed by atoms with E-state index in [2.05, 4.69) is 0 Å². The lowest BCUT2D eigenvalue weighted by atomic mass is 9.70. The predicted octanol–water partition coefficient (Wildman–Crippen LogP) is 2.61. The molecule has 2 aliphatic carbocycles. The van der Waals surface area contributed by atoms with Crippen molar-refractivity contribution < 1.29 is 17.8 Å². The summed E-state index contributed by atoms with van der Waals surface area (Å²) in [5.41, 5.74) is -0.522. The van der Waals surface area contributed by atoms with E-state index in [4.69, 9.17) is 0 Å². The van der Waals surface area contributed by atoms with Crippen molar-refractivity contribution in [2.45, 2.75) is 46.5 Å². The minimum absolute atomic E-state index is 0.0557. The molecule has 0 saturated heterocycles. The highest BCUT2D eigenvalue weighted by molar-refractivity contribution is 7.85. The van der Waals surface area contributed by atoms with Crippen LogP contribution in [0.25, 0.3) is 0 Å². The van der Waals surface area contributed by atoms with Gasteiger partial charge in [-0.3, -0.25) is 9.35 Å². The van der Waals surface area contributed by atoms with Crippen molar-refractivity contribution in [1.82, 2.24) is 0 Å². The third-order valence-corrected chi connectivity index (χ3v) is 5.98. The van der Waals surface area contributed by atoms with Crippen molar-refractivity contribution in [3.8, 4) is 0 Å². The smallest absolute Gasteiger partial charge is 0.265 e. The Labute approximate surface area is 115 Å². The summed E-state index contributed by atoms with van der Waals surface area (Å²) in [7, 11) is -4.15. The van der Waals surface area contributed by atoms with Crippen molar-refractivity contribution in [2.75, 3.05) is 5.75 Å².